The summed E-state index contributed by atoms with van der Waals surface area (Å²) in [5, 5.41) is 11.3. The minimum atomic E-state index is -0.752. The maximum atomic E-state index is 14.7. The lowest BCUT2D eigenvalue weighted by molar-refractivity contribution is -0.117. The van der Waals surface area contributed by atoms with E-state index in [1.807, 2.05) is 0 Å². The molecule has 2 atom stereocenters. The highest BCUT2D eigenvalue weighted by Gasteiger charge is 2.39. The average molecular weight is 485 g/mol. The summed E-state index contributed by atoms with van der Waals surface area (Å²) in [5.41, 5.74) is 0.738. The lowest BCUT2D eigenvalue weighted by Crippen LogP contribution is -2.30. The Balaban J connectivity index is 1.37. The van der Waals surface area contributed by atoms with Crippen LogP contribution in [0.2, 0.25) is 5.02 Å². The Bertz CT molecular complexity index is 1340. The Labute approximate surface area is 197 Å². The van der Waals surface area contributed by atoms with Gasteiger partial charge in [-0.05, 0) is 44.5 Å². The van der Waals surface area contributed by atoms with Crippen LogP contribution < -0.4 is 10.2 Å². The largest absolute Gasteiger partial charge is 0.343 e. The molecule has 1 amide bonds. The van der Waals surface area contributed by atoms with E-state index in [1.165, 1.54) is 4.90 Å². The zero-order valence-electron chi connectivity index (χ0n) is 18.1. The van der Waals surface area contributed by atoms with E-state index in [0.717, 1.165) is 11.8 Å². The Morgan fingerprint density at radius 3 is 2.71 bits per heavy atom. The van der Waals surface area contributed by atoms with Crippen molar-refractivity contribution in [2.24, 2.45) is 0 Å². The summed E-state index contributed by atoms with van der Waals surface area (Å²) in [7, 11) is 0. The molecule has 4 heterocycles. The number of carbonyl (C=O) groups is 1. The van der Waals surface area contributed by atoms with Crippen molar-refractivity contribution in [1.29, 1.82) is 0 Å². The van der Waals surface area contributed by atoms with E-state index in [1.54, 1.807) is 38.1 Å². The molecule has 1 aliphatic heterocycles. The number of aromatic nitrogens is 6. The summed E-state index contributed by atoms with van der Waals surface area (Å²) in [6.07, 6.45) is 1.59. The maximum Gasteiger partial charge on any atom is 0.249 e. The highest BCUT2D eigenvalue weighted by Crippen LogP contribution is 2.37. The van der Waals surface area contributed by atoms with Crippen molar-refractivity contribution >= 4 is 29.3 Å². The molecule has 1 saturated heterocycles. The predicted octanol–water partition coefficient (Wildman–Crippen LogP) is 4.05. The van der Waals surface area contributed by atoms with Crippen LogP contribution in [0.4, 0.5) is 16.2 Å². The molecule has 1 N–H and O–H groups in total. The Morgan fingerprint density at radius 2 is 1.97 bits per heavy atom. The molecule has 11 nitrogen and oxygen atoms in total. The summed E-state index contributed by atoms with van der Waals surface area (Å²) in [6, 6.07) is 5.89. The van der Waals surface area contributed by atoms with Gasteiger partial charge in [-0.2, -0.15) is 15.0 Å². The normalized spacial score (nSPS) is 16.8. The molecular weight excluding hydrogens is 467 g/mol. The first-order chi connectivity index (χ1) is 16.4. The van der Waals surface area contributed by atoms with Gasteiger partial charge in [0.1, 0.15) is 12.1 Å². The van der Waals surface area contributed by atoms with Gasteiger partial charge in [0.25, 0.3) is 0 Å². The fraction of sp³-hybridized carbons (Fsp3) is 0.286. The Morgan fingerprint density at radius 1 is 1.18 bits per heavy atom. The third-order valence-corrected chi connectivity index (χ3v) is 5.51. The van der Waals surface area contributed by atoms with Crippen molar-refractivity contribution < 1.29 is 18.2 Å². The quantitative estimate of drug-likeness (QED) is 0.426. The number of rotatable bonds is 6. The second-order valence-corrected chi connectivity index (χ2v) is 8.13. The molecule has 0 radical (unpaired) electrons. The van der Waals surface area contributed by atoms with Gasteiger partial charge in [-0.3, -0.25) is 9.69 Å². The summed E-state index contributed by atoms with van der Waals surface area (Å²) in [5.74, 6) is 0.156. The SMILES string of the molecule is Cc1noc([C@H]2CCC(=O)N2c2nc(NC(C)c3nc(-c4ccc(Cl)cc4)no3)ncc2F)n1. The number of benzene rings is 1. The van der Waals surface area contributed by atoms with Crippen LogP contribution in [0.3, 0.4) is 0 Å². The van der Waals surface area contributed by atoms with Gasteiger partial charge in [0.2, 0.25) is 29.5 Å². The Kier molecular flexibility index (Phi) is 5.65. The molecule has 1 unspecified atom stereocenters. The van der Waals surface area contributed by atoms with Gasteiger partial charge in [0, 0.05) is 17.0 Å². The predicted molar refractivity (Wildman–Crippen MR) is 117 cm³/mol. The zero-order valence-corrected chi connectivity index (χ0v) is 18.8. The first-order valence-corrected chi connectivity index (χ1v) is 10.8. The third-order valence-electron chi connectivity index (χ3n) is 5.25. The topological polar surface area (TPSA) is 136 Å². The van der Waals surface area contributed by atoms with Gasteiger partial charge >= 0.3 is 0 Å². The summed E-state index contributed by atoms with van der Waals surface area (Å²) >= 11 is 5.92. The molecule has 0 saturated carbocycles. The molecule has 0 aliphatic carbocycles. The number of nitrogens with one attached hydrogen (secondary N) is 1. The lowest BCUT2D eigenvalue weighted by atomic mass is 10.2. The second kappa shape index (κ2) is 8.78. The highest BCUT2D eigenvalue weighted by molar-refractivity contribution is 6.30. The van der Waals surface area contributed by atoms with Crippen LogP contribution >= 0.6 is 11.6 Å². The van der Waals surface area contributed by atoms with Crippen LogP contribution in [0.1, 0.15) is 49.5 Å². The van der Waals surface area contributed by atoms with Crippen molar-refractivity contribution in [1.82, 2.24) is 30.2 Å². The number of hydrogen-bond donors (Lipinski definition) is 1. The van der Waals surface area contributed by atoms with Crippen molar-refractivity contribution in [2.75, 3.05) is 10.2 Å². The fourth-order valence-electron chi connectivity index (χ4n) is 3.61. The van der Waals surface area contributed by atoms with Gasteiger partial charge in [0.15, 0.2) is 17.5 Å². The van der Waals surface area contributed by atoms with E-state index in [-0.39, 0.29) is 35.9 Å². The molecule has 3 aromatic heterocycles. The van der Waals surface area contributed by atoms with Gasteiger partial charge in [-0.25, -0.2) is 9.37 Å². The average Bonchev–Trinajstić information content (AvgIpc) is 3.56. The van der Waals surface area contributed by atoms with Crippen molar-refractivity contribution in [2.45, 2.75) is 38.8 Å². The monoisotopic (exact) mass is 484 g/mol. The van der Waals surface area contributed by atoms with Crippen LogP contribution in [0.15, 0.2) is 39.5 Å². The van der Waals surface area contributed by atoms with Crippen molar-refractivity contribution in [3.05, 3.63) is 58.9 Å². The van der Waals surface area contributed by atoms with Crippen LogP contribution in [-0.4, -0.2) is 36.2 Å². The molecule has 174 valence electrons. The first kappa shape index (κ1) is 21.9. The summed E-state index contributed by atoms with van der Waals surface area (Å²) < 4.78 is 25.3. The molecule has 5 rings (SSSR count). The molecule has 1 aliphatic rings. The molecular formula is C21H18ClFN8O3. The second-order valence-electron chi connectivity index (χ2n) is 7.69. The number of halogens is 2. The minimum Gasteiger partial charge on any atom is -0.343 e. The molecule has 0 spiro atoms. The standard InChI is InChI=1S/C21H18ClFN8O3/c1-10(19-27-17(30-33-19)12-3-5-13(22)6-4-12)25-21-24-9-14(23)18(28-21)31-15(7-8-16(31)32)20-26-11(2)29-34-20/h3-6,9-10,15H,7-8H2,1-2H3,(H,24,25,28)/t10?,15-/m1/s1. The van der Waals surface area contributed by atoms with E-state index in [9.17, 15) is 9.18 Å². The number of amides is 1. The number of aryl methyl sites for hydroxylation is 1. The fourth-order valence-corrected chi connectivity index (χ4v) is 3.74. The van der Waals surface area contributed by atoms with Crippen molar-refractivity contribution in [3.8, 4) is 11.4 Å². The van der Waals surface area contributed by atoms with Gasteiger partial charge < -0.3 is 14.4 Å². The third kappa shape index (κ3) is 4.19. The summed E-state index contributed by atoms with van der Waals surface area (Å²) in [4.78, 5) is 30.6. The van der Waals surface area contributed by atoms with E-state index in [4.69, 9.17) is 20.6 Å². The molecule has 34 heavy (non-hydrogen) atoms. The van der Waals surface area contributed by atoms with Crippen LogP contribution in [0.25, 0.3) is 11.4 Å². The van der Waals surface area contributed by atoms with Crippen LogP contribution in [-0.2, 0) is 4.79 Å². The minimum absolute atomic E-state index is 0.0790. The van der Waals surface area contributed by atoms with Gasteiger partial charge in [-0.15, -0.1) is 0 Å². The van der Waals surface area contributed by atoms with Crippen LogP contribution in [0, 0.1) is 12.7 Å². The molecule has 0 bridgehead atoms. The van der Waals surface area contributed by atoms with E-state index in [0.29, 0.717) is 23.1 Å². The highest BCUT2D eigenvalue weighted by atomic mass is 35.5. The van der Waals surface area contributed by atoms with Crippen molar-refractivity contribution in [3.63, 3.8) is 0 Å². The summed E-state index contributed by atoms with van der Waals surface area (Å²) in [6.45, 7) is 3.43. The molecule has 4 aromatic rings. The Hall–Kier alpha value is -3.93. The van der Waals surface area contributed by atoms with E-state index in [2.05, 4.69) is 35.6 Å². The number of anilines is 2. The zero-order chi connectivity index (χ0) is 23.8. The molecule has 13 heteroatoms. The van der Waals surface area contributed by atoms with Gasteiger partial charge in [-0.1, -0.05) is 21.9 Å². The smallest absolute Gasteiger partial charge is 0.249 e. The molecule has 1 aromatic carbocycles. The number of carbonyl (C=O) groups excluding carboxylic acids is 1. The first-order valence-electron chi connectivity index (χ1n) is 10.4. The number of hydrogen-bond acceptors (Lipinski definition) is 10. The maximum absolute atomic E-state index is 14.7. The van der Waals surface area contributed by atoms with E-state index < -0.39 is 17.9 Å². The lowest BCUT2D eigenvalue weighted by Gasteiger charge is -2.22. The van der Waals surface area contributed by atoms with Gasteiger partial charge in [0.05, 0.1) is 6.20 Å². The molecule has 1 fully saturated rings. The number of nitrogens with zero attached hydrogens (tertiary/aromatic N) is 7. The van der Waals surface area contributed by atoms with E-state index >= 15 is 0 Å². The van der Waals surface area contributed by atoms with Crippen LogP contribution in [0.5, 0.6) is 0 Å².